The molecule has 0 spiro atoms. The smallest absolute Gasteiger partial charge is 0.376 e. The summed E-state index contributed by atoms with van der Waals surface area (Å²) < 4.78 is 124. The molecule has 1 saturated carbocycles. The molecule has 5 rings (SSSR count). The second-order valence-electron chi connectivity index (χ2n) is 8.00. The maximum atomic E-state index is 14.8. The number of alkyl halides is 6. The van der Waals surface area contributed by atoms with Crippen LogP contribution in [0.25, 0.3) is 21.8 Å². The van der Waals surface area contributed by atoms with E-state index in [1.165, 1.54) is 0 Å². The van der Waals surface area contributed by atoms with Crippen LogP contribution in [0.4, 0.5) is 30.7 Å². The Morgan fingerprint density at radius 2 is 1.68 bits per heavy atom. The van der Waals surface area contributed by atoms with Gasteiger partial charge in [0.2, 0.25) is 9.84 Å². The Labute approximate surface area is 203 Å². The number of hydrogen-bond acceptors (Lipinski definition) is 6. The van der Waals surface area contributed by atoms with Crippen LogP contribution in [0.3, 0.4) is 0 Å². The lowest BCUT2D eigenvalue weighted by Crippen LogP contribution is -2.74. The number of rotatable bonds is 3. The molecule has 2 aromatic heterocycles. The standard InChI is InChI=1S/C19H8ClF7N4O5S/c20-8-1-2-11(13-12(8)14(32)31(34)16(33)29-13)37(35,36)6-3-9(21)7-5-28-30(10(7)4-6)15-17(22,23)19(26,27)18(15,24)25/h1-5,15,34H,(H,29,33). The molecule has 9 nitrogen and oxygen atoms in total. The quantitative estimate of drug-likeness (QED) is 0.286. The summed E-state index contributed by atoms with van der Waals surface area (Å²) in [5.41, 5.74) is -4.61. The molecular formula is C19H8ClF7N4O5S. The molecule has 0 aliphatic heterocycles. The van der Waals surface area contributed by atoms with Crippen molar-refractivity contribution >= 4 is 43.2 Å². The number of nitrogens with zero attached hydrogens (tertiary/aromatic N) is 3. The van der Waals surface area contributed by atoms with Crippen LogP contribution in [-0.2, 0) is 9.84 Å². The Kier molecular flexibility index (Phi) is 4.91. The predicted molar refractivity (Wildman–Crippen MR) is 110 cm³/mol. The summed E-state index contributed by atoms with van der Waals surface area (Å²) in [6, 6.07) is -1.10. The molecule has 196 valence electrons. The van der Waals surface area contributed by atoms with Gasteiger partial charge in [0.25, 0.3) is 5.56 Å². The van der Waals surface area contributed by atoms with Gasteiger partial charge in [0, 0.05) is 0 Å². The van der Waals surface area contributed by atoms with Crippen LogP contribution in [0.1, 0.15) is 6.04 Å². The van der Waals surface area contributed by atoms with Gasteiger partial charge in [0.05, 0.1) is 42.8 Å². The third-order valence-corrected chi connectivity index (χ3v) is 8.05. The van der Waals surface area contributed by atoms with E-state index in [-0.39, 0.29) is 4.68 Å². The van der Waals surface area contributed by atoms with Crippen molar-refractivity contribution in [1.29, 1.82) is 0 Å². The number of sulfone groups is 1. The van der Waals surface area contributed by atoms with Crippen molar-refractivity contribution in [2.45, 2.75) is 33.6 Å². The summed E-state index contributed by atoms with van der Waals surface area (Å²) in [5.74, 6) is -17.9. The molecule has 2 heterocycles. The Hall–Kier alpha value is -3.60. The maximum absolute atomic E-state index is 14.8. The predicted octanol–water partition coefficient (Wildman–Crippen LogP) is 3.36. The summed E-state index contributed by atoms with van der Waals surface area (Å²) in [7, 11) is -4.99. The largest absolute Gasteiger partial charge is 0.421 e. The highest BCUT2D eigenvalue weighted by Gasteiger charge is 2.91. The fourth-order valence-electron chi connectivity index (χ4n) is 4.06. The molecule has 2 N–H and O–H groups in total. The normalized spacial score (nSPS) is 18.8. The molecule has 1 aliphatic carbocycles. The molecular weight excluding hydrogens is 565 g/mol. The maximum Gasteiger partial charge on any atom is 0.376 e. The van der Waals surface area contributed by atoms with Gasteiger partial charge in [0.15, 0.2) is 6.04 Å². The minimum absolute atomic E-state index is 0.291. The van der Waals surface area contributed by atoms with Gasteiger partial charge in [-0.2, -0.15) is 31.4 Å². The molecule has 0 amide bonds. The fraction of sp³-hybridized carbons (Fsp3) is 0.211. The highest BCUT2D eigenvalue weighted by molar-refractivity contribution is 7.91. The number of fused-ring (bicyclic) bond motifs is 2. The van der Waals surface area contributed by atoms with Crippen molar-refractivity contribution < 1.29 is 44.4 Å². The lowest BCUT2D eigenvalue weighted by Gasteiger charge is -2.49. The van der Waals surface area contributed by atoms with E-state index in [0.717, 1.165) is 12.1 Å². The van der Waals surface area contributed by atoms with Crippen molar-refractivity contribution in [3.05, 3.63) is 62.1 Å². The molecule has 0 saturated heterocycles. The first-order valence-corrected chi connectivity index (χ1v) is 11.5. The topological polar surface area (TPSA) is 127 Å². The van der Waals surface area contributed by atoms with E-state index in [4.69, 9.17) is 11.6 Å². The zero-order chi connectivity index (χ0) is 27.5. The lowest BCUT2D eigenvalue weighted by atomic mass is 9.78. The first-order valence-electron chi connectivity index (χ1n) is 9.68. The summed E-state index contributed by atoms with van der Waals surface area (Å²) in [6.07, 6.45) is 0.475. The Balaban J connectivity index is 1.77. The zero-order valence-electron chi connectivity index (χ0n) is 17.3. The third-order valence-electron chi connectivity index (χ3n) is 5.95. The van der Waals surface area contributed by atoms with Crippen LogP contribution in [0.2, 0.25) is 5.02 Å². The van der Waals surface area contributed by atoms with Crippen LogP contribution < -0.4 is 11.2 Å². The Morgan fingerprint density at radius 1 is 1.05 bits per heavy atom. The van der Waals surface area contributed by atoms with E-state index in [2.05, 4.69) is 5.10 Å². The van der Waals surface area contributed by atoms with E-state index < -0.39 is 92.1 Å². The molecule has 0 bridgehead atoms. The first kappa shape index (κ1) is 25.1. The van der Waals surface area contributed by atoms with Crippen molar-refractivity contribution in [3.63, 3.8) is 0 Å². The van der Waals surface area contributed by atoms with Gasteiger partial charge in [0.1, 0.15) is 5.82 Å². The number of H-pyrrole nitrogens is 1. The average Bonchev–Trinajstić information content (AvgIpc) is 3.20. The van der Waals surface area contributed by atoms with Crippen LogP contribution in [0.5, 0.6) is 0 Å². The van der Waals surface area contributed by atoms with Crippen LogP contribution in [0, 0.1) is 5.82 Å². The minimum atomic E-state index is -5.75. The van der Waals surface area contributed by atoms with Gasteiger partial charge in [-0.3, -0.25) is 4.79 Å². The molecule has 1 aliphatic rings. The van der Waals surface area contributed by atoms with Gasteiger partial charge in [-0.1, -0.05) is 16.3 Å². The average molecular weight is 573 g/mol. The second kappa shape index (κ2) is 7.25. The van der Waals surface area contributed by atoms with E-state index in [9.17, 15) is 53.9 Å². The molecule has 18 heteroatoms. The molecule has 1 fully saturated rings. The summed E-state index contributed by atoms with van der Waals surface area (Å²) in [6.45, 7) is 0. The van der Waals surface area contributed by atoms with Gasteiger partial charge >= 0.3 is 23.5 Å². The summed E-state index contributed by atoms with van der Waals surface area (Å²) >= 11 is 5.88. The SMILES string of the molecule is O=c1[nH]c2c(S(=O)(=O)c3cc(F)c4cnn(C5C(F)(F)C(F)(F)C5(F)F)c4c3)ccc(Cl)c2c(=O)n1O. The number of halogens is 8. The van der Waals surface area contributed by atoms with Crippen LogP contribution in [0.15, 0.2) is 49.8 Å². The summed E-state index contributed by atoms with van der Waals surface area (Å²) in [4.78, 5) is 24.1. The number of aromatic nitrogens is 4. The lowest BCUT2D eigenvalue weighted by molar-refractivity contribution is -0.427. The van der Waals surface area contributed by atoms with E-state index >= 15 is 0 Å². The monoisotopic (exact) mass is 572 g/mol. The molecule has 0 atom stereocenters. The van der Waals surface area contributed by atoms with Crippen molar-refractivity contribution in [1.82, 2.24) is 19.5 Å². The van der Waals surface area contributed by atoms with Gasteiger partial charge in [-0.15, -0.1) is 0 Å². The van der Waals surface area contributed by atoms with E-state index in [1.807, 2.05) is 4.98 Å². The van der Waals surface area contributed by atoms with Crippen molar-refractivity contribution in [2.75, 3.05) is 0 Å². The first-order chi connectivity index (χ1) is 17.0. The van der Waals surface area contributed by atoms with Crippen molar-refractivity contribution in [3.8, 4) is 0 Å². The molecule has 0 unspecified atom stereocenters. The summed E-state index contributed by atoms with van der Waals surface area (Å²) in [5, 5.41) is 10.9. The number of benzene rings is 2. The van der Waals surface area contributed by atoms with Crippen LogP contribution >= 0.6 is 11.6 Å². The molecule has 0 radical (unpaired) electrons. The van der Waals surface area contributed by atoms with Crippen LogP contribution in [-0.4, -0.2) is 50.9 Å². The highest BCUT2D eigenvalue weighted by atomic mass is 35.5. The molecule has 4 aromatic rings. The second-order valence-corrected chi connectivity index (χ2v) is 10.3. The van der Waals surface area contributed by atoms with Gasteiger partial charge in [-0.25, -0.2) is 22.3 Å². The van der Waals surface area contributed by atoms with Crippen molar-refractivity contribution in [2.24, 2.45) is 0 Å². The number of aromatic amines is 1. The van der Waals surface area contributed by atoms with Gasteiger partial charge < -0.3 is 10.2 Å². The Bertz CT molecular complexity index is 1870. The van der Waals surface area contributed by atoms with E-state index in [1.54, 1.807) is 0 Å². The highest BCUT2D eigenvalue weighted by Crippen LogP contribution is 2.67. The fourth-order valence-corrected chi connectivity index (χ4v) is 5.75. The zero-order valence-corrected chi connectivity index (χ0v) is 18.9. The number of hydrogen-bond donors (Lipinski definition) is 2. The van der Waals surface area contributed by atoms with E-state index in [0.29, 0.717) is 18.3 Å². The number of nitrogens with one attached hydrogen (secondary N) is 1. The minimum Gasteiger partial charge on any atom is -0.421 e. The third kappa shape index (κ3) is 2.97. The van der Waals surface area contributed by atoms with Gasteiger partial charge in [-0.05, 0) is 24.3 Å². The molecule has 2 aromatic carbocycles. The Morgan fingerprint density at radius 3 is 2.30 bits per heavy atom. The molecule has 37 heavy (non-hydrogen) atoms.